The van der Waals surface area contributed by atoms with Gasteiger partial charge in [0.25, 0.3) is 0 Å². The molecule has 4 nitrogen and oxygen atoms in total. The molecule has 0 bridgehead atoms. The molecule has 32 heavy (non-hydrogen) atoms. The van der Waals surface area contributed by atoms with Gasteiger partial charge in [0.2, 0.25) is 0 Å². The van der Waals surface area contributed by atoms with E-state index in [1.165, 1.54) is 38.4 Å². The largest absolute Gasteiger partial charge is 0.473 e. The lowest BCUT2D eigenvalue weighted by atomic mass is 9.94. The van der Waals surface area contributed by atoms with Crippen LogP contribution in [-0.4, -0.2) is 6.73 Å². The van der Waals surface area contributed by atoms with Crippen LogP contribution >= 0.6 is 0 Å². The smallest absolute Gasteiger partial charge is 0.336 e. The zero-order chi connectivity index (χ0) is 21.4. The minimum absolute atomic E-state index is 0.332. The first kappa shape index (κ1) is 17.6. The standard InChI is InChI=1S/C28H19NO3/c1-16-9-26(30)32-25-13-24-21(12-23(16)25)14-29(15-31-24)22-10-19-7-5-17-3-2-4-18-6-8-20(11-22)28(19)27(17)18/h2-13H,14-15H2,1H3. The Labute approximate surface area is 183 Å². The quantitative estimate of drug-likeness (QED) is 0.231. The Kier molecular flexibility index (Phi) is 3.43. The van der Waals surface area contributed by atoms with Crippen LogP contribution in [-0.2, 0) is 6.54 Å². The molecule has 1 aliphatic heterocycles. The maximum absolute atomic E-state index is 11.7. The van der Waals surface area contributed by atoms with Crippen LogP contribution in [0.15, 0.2) is 82.0 Å². The van der Waals surface area contributed by atoms with Crippen LogP contribution in [0, 0.1) is 6.92 Å². The SMILES string of the molecule is Cc1cc(=O)oc2cc3c(cc12)CN(c1cc2ccc4cccc5ccc(c1)c2c45)CO3. The summed E-state index contributed by atoms with van der Waals surface area (Å²) in [6.45, 7) is 3.12. The monoisotopic (exact) mass is 417 g/mol. The lowest BCUT2D eigenvalue weighted by molar-refractivity contribution is 0.289. The molecule has 0 unspecified atom stereocenters. The van der Waals surface area contributed by atoms with Crippen molar-refractivity contribution in [3.63, 3.8) is 0 Å². The molecule has 0 atom stereocenters. The van der Waals surface area contributed by atoms with E-state index in [0.717, 1.165) is 34.5 Å². The molecule has 6 aromatic rings. The second-order valence-electron chi connectivity index (χ2n) is 8.65. The third-order valence-corrected chi connectivity index (χ3v) is 6.68. The lowest BCUT2D eigenvalue weighted by Crippen LogP contribution is -2.31. The minimum atomic E-state index is -0.332. The van der Waals surface area contributed by atoms with E-state index in [1.807, 2.05) is 13.0 Å². The van der Waals surface area contributed by atoms with Crippen molar-refractivity contribution in [2.75, 3.05) is 11.6 Å². The molecule has 0 aliphatic carbocycles. The van der Waals surface area contributed by atoms with Gasteiger partial charge in [0.15, 0.2) is 6.73 Å². The van der Waals surface area contributed by atoms with Gasteiger partial charge in [-0.05, 0) is 63.0 Å². The molecule has 0 saturated carbocycles. The molecule has 0 radical (unpaired) electrons. The molecule has 4 heteroatoms. The van der Waals surface area contributed by atoms with Crippen molar-refractivity contribution in [1.29, 1.82) is 0 Å². The van der Waals surface area contributed by atoms with E-state index in [2.05, 4.69) is 65.6 Å². The lowest BCUT2D eigenvalue weighted by Gasteiger charge is -2.31. The number of hydrogen-bond donors (Lipinski definition) is 0. The Morgan fingerprint density at radius 1 is 0.812 bits per heavy atom. The van der Waals surface area contributed by atoms with Crippen LogP contribution < -0.4 is 15.3 Å². The van der Waals surface area contributed by atoms with Gasteiger partial charge in [-0.1, -0.05) is 42.5 Å². The van der Waals surface area contributed by atoms with Gasteiger partial charge in [0, 0.05) is 35.3 Å². The molecular formula is C28H19NO3. The van der Waals surface area contributed by atoms with Gasteiger partial charge in [-0.25, -0.2) is 4.79 Å². The van der Waals surface area contributed by atoms with Crippen LogP contribution in [0.5, 0.6) is 5.75 Å². The summed E-state index contributed by atoms with van der Waals surface area (Å²) >= 11 is 0. The van der Waals surface area contributed by atoms with E-state index in [4.69, 9.17) is 9.15 Å². The number of hydrogen-bond acceptors (Lipinski definition) is 4. The van der Waals surface area contributed by atoms with E-state index in [9.17, 15) is 4.79 Å². The summed E-state index contributed by atoms with van der Waals surface area (Å²) in [5, 5.41) is 8.63. The number of fused-ring (bicyclic) bond motifs is 2. The predicted octanol–water partition coefficient (Wildman–Crippen LogP) is 6.36. The highest BCUT2D eigenvalue weighted by Crippen LogP contribution is 2.39. The third-order valence-electron chi connectivity index (χ3n) is 6.68. The summed E-state index contributed by atoms with van der Waals surface area (Å²) in [6.07, 6.45) is 0. The molecule has 1 aromatic heterocycles. The molecule has 0 fully saturated rings. The number of anilines is 1. The van der Waals surface area contributed by atoms with E-state index >= 15 is 0 Å². The molecule has 0 N–H and O–H groups in total. The van der Waals surface area contributed by atoms with Crippen LogP contribution in [0.4, 0.5) is 5.69 Å². The van der Waals surface area contributed by atoms with Crippen molar-refractivity contribution in [3.8, 4) is 5.75 Å². The second-order valence-corrected chi connectivity index (χ2v) is 8.65. The Bertz CT molecular complexity index is 1680. The van der Waals surface area contributed by atoms with Crippen molar-refractivity contribution < 1.29 is 9.15 Å². The normalized spacial score (nSPS) is 13.8. The van der Waals surface area contributed by atoms with Gasteiger partial charge in [-0.15, -0.1) is 0 Å². The Morgan fingerprint density at radius 2 is 1.50 bits per heavy atom. The summed E-state index contributed by atoms with van der Waals surface area (Å²) in [6, 6.07) is 25.3. The fourth-order valence-corrected chi connectivity index (χ4v) is 5.13. The zero-order valence-corrected chi connectivity index (χ0v) is 17.5. The molecule has 7 rings (SSSR count). The van der Waals surface area contributed by atoms with Crippen LogP contribution in [0.25, 0.3) is 43.3 Å². The average molecular weight is 417 g/mol. The molecule has 5 aromatic carbocycles. The topological polar surface area (TPSA) is 42.7 Å². The maximum Gasteiger partial charge on any atom is 0.336 e. The van der Waals surface area contributed by atoms with Gasteiger partial charge in [0.05, 0.1) is 0 Å². The van der Waals surface area contributed by atoms with Crippen LogP contribution in [0.3, 0.4) is 0 Å². The Morgan fingerprint density at radius 3 is 2.25 bits per heavy atom. The summed E-state index contributed by atoms with van der Waals surface area (Å²) < 4.78 is 11.5. The number of aryl methyl sites for hydroxylation is 1. The highest BCUT2D eigenvalue weighted by molar-refractivity contribution is 6.23. The summed E-state index contributed by atoms with van der Waals surface area (Å²) in [5.41, 5.74) is 3.38. The molecule has 154 valence electrons. The van der Waals surface area contributed by atoms with Gasteiger partial charge in [-0.2, -0.15) is 0 Å². The first-order valence-corrected chi connectivity index (χ1v) is 10.8. The van der Waals surface area contributed by atoms with Crippen LogP contribution in [0.1, 0.15) is 11.1 Å². The summed E-state index contributed by atoms with van der Waals surface area (Å²) in [5.74, 6) is 0.778. The number of benzene rings is 5. The average Bonchev–Trinajstić information content (AvgIpc) is 2.81. The van der Waals surface area contributed by atoms with Gasteiger partial charge < -0.3 is 14.1 Å². The fourth-order valence-electron chi connectivity index (χ4n) is 5.13. The van der Waals surface area contributed by atoms with E-state index in [-0.39, 0.29) is 5.63 Å². The van der Waals surface area contributed by atoms with Gasteiger partial charge >= 0.3 is 5.63 Å². The molecule has 0 saturated heterocycles. The maximum atomic E-state index is 11.7. The van der Waals surface area contributed by atoms with Gasteiger partial charge in [0.1, 0.15) is 11.3 Å². The highest BCUT2D eigenvalue weighted by atomic mass is 16.5. The number of nitrogens with zero attached hydrogens (tertiary/aromatic N) is 1. The zero-order valence-electron chi connectivity index (χ0n) is 17.5. The number of ether oxygens (including phenoxy) is 1. The predicted molar refractivity (Wildman–Crippen MR) is 129 cm³/mol. The van der Waals surface area contributed by atoms with Crippen molar-refractivity contribution >= 4 is 49.0 Å². The molecule has 2 heterocycles. The highest BCUT2D eigenvalue weighted by Gasteiger charge is 2.21. The number of rotatable bonds is 1. The molecule has 0 spiro atoms. The summed E-state index contributed by atoms with van der Waals surface area (Å²) in [7, 11) is 0. The Balaban J connectivity index is 1.36. The first-order valence-electron chi connectivity index (χ1n) is 10.8. The van der Waals surface area contributed by atoms with E-state index in [1.54, 1.807) is 0 Å². The molecule has 0 amide bonds. The van der Waals surface area contributed by atoms with Crippen molar-refractivity contribution in [2.24, 2.45) is 0 Å². The van der Waals surface area contributed by atoms with Gasteiger partial charge in [-0.3, -0.25) is 0 Å². The van der Waals surface area contributed by atoms with E-state index in [0.29, 0.717) is 12.3 Å². The summed E-state index contributed by atoms with van der Waals surface area (Å²) in [4.78, 5) is 14.0. The van der Waals surface area contributed by atoms with Crippen LogP contribution in [0.2, 0.25) is 0 Å². The van der Waals surface area contributed by atoms with E-state index < -0.39 is 0 Å². The Hall–Kier alpha value is -4.05. The second kappa shape index (κ2) is 6.24. The third kappa shape index (κ3) is 2.47. The first-order chi connectivity index (χ1) is 15.6. The fraction of sp³-hybridized carbons (Fsp3) is 0.107. The molecular weight excluding hydrogens is 398 g/mol. The van der Waals surface area contributed by atoms with Crippen molar-refractivity contribution in [1.82, 2.24) is 0 Å². The van der Waals surface area contributed by atoms with Crippen molar-refractivity contribution in [2.45, 2.75) is 13.5 Å². The van der Waals surface area contributed by atoms with Crippen molar-refractivity contribution in [3.05, 3.63) is 94.3 Å². The minimum Gasteiger partial charge on any atom is -0.473 e. The molecule has 1 aliphatic rings.